The van der Waals surface area contributed by atoms with Gasteiger partial charge in [-0.15, -0.1) is 0 Å². The second-order valence-corrected chi connectivity index (χ2v) is 7.41. The van der Waals surface area contributed by atoms with Crippen LogP contribution in [0.5, 0.6) is 0 Å². The Balaban J connectivity index is 1.73. The number of hydrogen-bond acceptors (Lipinski definition) is 3. The monoisotopic (exact) mass is 382 g/mol. The summed E-state index contributed by atoms with van der Waals surface area (Å²) in [5.74, 6) is 0. The molecule has 0 bridgehead atoms. The number of aliphatic imine (C=N–C) groups is 1. The average Bonchev–Trinajstić information content (AvgIpc) is 3.14. The fraction of sp³-hybridized carbons (Fsp3) is 0.0800. The van der Waals surface area contributed by atoms with E-state index >= 15 is 0 Å². The molecule has 3 aromatic carbocycles. The molecule has 1 heterocycles. The third-order valence-corrected chi connectivity index (χ3v) is 5.75. The molecular formula is C25H22N2S. The van der Waals surface area contributed by atoms with Crippen LogP contribution in [0.3, 0.4) is 0 Å². The first-order chi connectivity index (χ1) is 13.9. The van der Waals surface area contributed by atoms with Gasteiger partial charge in [-0.25, -0.2) is 0 Å². The Bertz CT molecular complexity index is 1010. The van der Waals surface area contributed by atoms with Gasteiger partial charge in [0.25, 0.3) is 0 Å². The van der Waals surface area contributed by atoms with Crippen molar-refractivity contribution in [3.63, 3.8) is 0 Å². The quantitative estimate of drug-likeness (QED) is 0.450. The minimum Gasteiger partial charge on any atom is -0.335 e. The first-order valence-electron chi connectivity index (χ1n) is 9.46. The molecule has 0 saturated carbocycles. The van der Waals surface area contributed by atoms with E-state index in [0.29, 0.717) is 0 Å². The molecule has 0 saturated heterocycles. The van der Waals surface area contributed by atoms with E-state index < -0.39 is 0 Å². The highest BCUT2D eigenvalue weighted by atomic mass is 32.2. The van der Waals surface area contributed by atoms with Crippen molar-refractivity contribution >= 4 is 34.3 Å². The van der Waals surface area contributed by atoms with Crippen LogP contribution in [-0.4, -0.2) is 17.7 Å². The predicted molar refractivity (Wildman–Crippen MR) is 122 cm³/mol. The maximum absolute atomic E-state index is 4.57. The van der Waals surface area contributed by atoms with Crippen LogP contribution >= 0.6 is 11.8 Å². The van der Waals surface area contributed by atoms with E-state index in [9.17, 15) is 0 Å². The van der Waals surface area contributed by atoms with Crippen molar-refractivity contribution in [3.05, 3.63) is 113 Å². The van der Waals surface area contributed by atoms with Gasteiger partial charge in [-0.3, -0.25) is 4.99 Å². The first kappa shape index (κ1) is 18.3. The Hall–Kier alpha value is -3.04. The van der Waals surface area contributed by atoms with Crippen molar-refractivity contribution in [2.45, 2.75) is 6.92 Å². The summed E-state index contributed by atoms with van der Waals surface area (Å²) in [5, 5.41) is 1.19. The lowest BCUT2D eigenvalue weighted by molar-refractivity contribution is 0.557. The maximum atomic E-state index is 4.57. The van der Waals surface area contributed by atoms with Gasteiger partial charge in [0.05, 0.1) is 16.4 Å². The highest BCUT2D eigenvalue weighted by Crippen LogP contribution is 2.50. The number of rotatable bonds is 5. The zero-order valence-electron chi connectivity index (χ0n) is 15.8. The summed E-state index contributed by atoms with van der Waals surface area (Å²) < 4.78 is 0. The SMILES string of the molecule is CCN1C(c2ccccc2)=C(c2ccccc2)S/C1=C\C=Nc1ccccc1. The normalized spacial score (nSPS) is 15.8. The number of para-hydroxylation sites is 1. The number of benzene rings is 3. The molecule has 3 aromatic rings. The Morgan fingerprint density at radius 2 is 1.36 bits per heavy atom. The smallest absolute Gasteiger partial charge is 0.0817 e. The van der Waals surface area contributed by atoms with Crippen LogP contribution in [0.15, 0.2) is 107 Å². The molecule has 1 aliphatic heterocycles. The van der Waals surface area contributed by atoms with Crippen LogP contribution in [0.2, 0.25) is 0 Å². The lowest BCUT2D eigenvalue weighted by atomic mass is 10.1. The fourth-order valence-electron chi connectivity index (χ4n) is 3.25. The third kappa shape index (κ3) is 3.95. The summed E-state index contributed by atoms with van der Waals surface area (Å²) >= 11 is 1.81. The second kappa shape index (κ2) is 8.77. The summed E-state index contributed by atoms with van der Waals surface area (Å²) in [6.45, 7) is 3.10. The Labute approximate surface area is 170 Å². The minimum absolute atomic E-state index is 0.901. The molecule has 0 atom stereocenters. The van der Waals surface area contributed by atoms with Gasteiger partial charge in [0.1, 0.15) is 0 Å². The molecule has 4 rings (SSSR count). The number of thioether (sulfide) groups is 1. The highest BCUT2D eigenvalue weighted by molar-refractivity contribution is 8.12. The maximum Gasteiger partial charge on any atom is 0.0817 e. The standard InChI is InChI=1S/C25H22N2S/c1-2-27-23(18-19-26-22-16-10-5-11-17-22)28-25(21-14-8-4-9-15-21)24(27)20-12-6-3-7-13-20/h3-19H,2H2,1H3/b23-18-,26-19?. The molecule has 0 spiro atoms. The van der Waals surface area contributed by atoms with Crippen LogP contribution in [0.25, 0.3) is 10.6 Å². The zero-order chi connectivity index (χ0) is 19.2. The number of nitrogens with zero attached hydrogens (tertiary/aromatic N) is 2. The van der Waals surface area contributed by atoms with Crippen molar-refractivity contribution in [3.8, 4) is 0 Å². The summed E-state index contributed by atoms with van der Waals surface area (Å²) in [6.07, 6.45) is 4.01. The minimum atomic E-state index is 0.901. The molecule has 28 heavy (non-hydrogen) atoms. The summed E-state index contributed by atoms with van der Waals surface area (Å²) in [7, 11) is 0. The largest absolute Gasteiger partial charge is 0.335 e. The van der Waals surface area contributed by atoms with Crippen LogP contribution in [0.1, 0.15) is 18.1 Å². The highest BCUT2D eigenvalue weighted by Gasteiger charge is 2.28. The first-order valence-corrected chi connectivity index (χ1v) is 10.3. The van der Waals surface area contributed by atoms with Gasteiger partial charge < -0.3 is 4.90 Å². The van der Waals surface area contributed by atoms with Gasteiger partial charge in [-0.2, -0.15) is 0 Å². The lowest BCUT2D eigenvalue weighted by Crippen LogP contribution is -2.16. The molecule has 0 aromatic heterocycles. The zero-order valence-corrected chi connectivity index (χ0v) is 16.6. The van der Waals surface area contributed by atoms with Crippen molar-refractivity contribution in [2.75, 3.05) is 6.54 Å². The van der Waals surface area contributed by atoms with E-state index in [1.165, 1.54) is 26.8 Å². The number of hydrogen-bond donors (Lipinski definition) is 0. The molecule has 0 fully saturated rings. The van der Waals surface area contributed by atoms with Crippen molar-refractivity contribution in [2.24, 2.45) is 4.99 Å². The van der Waals surface area contributed by atoms with Gasteiger partial charge in [-0.1, -0.05) is 90.6 Å². The van der Waals surface area contributed by atoms with Crippen molar-refractivity contribution in [1.29, 1.82) is 0 Å². The van der Waals surface area contributed by atoms with Gasteiger partial charge in [0.2, 0.25) is 0 Å². The van der Waals surface area contributed by atoms with Crippen LogP contribution in [0, 0.1) is 0 Å². The Morgan fingerprint density at radius 3 is 1.96 bits per heavy atom. The molecule has 0 unspecified atom stereocenters. The van der Waals surface area contributed by atoms with Gasteiger partial charge in [-0.05, 0) is 36.3 Å². The van der Waals surface area contributed by atoms with E-state index in [2.05, 4.69) is 83.6 Å². The molecule has 0 aliphatic carbocycles. The van der Waals surface area contributed by atoms with E-state index in [4.69, 9.17) is 0 Å². The van der Waals surface area contributed by atoms with Crippen molar-refractivity contribution < 1.29 is 0 Å². The molecule has 1 aliphatic rings. The average molecular weight is 383 g/mol. The van der Waals surface area contributed by atoms with Crippen LogP contribution in [0.4, 0.5) is 5.69 Å². The molecule has 138 valence electrons. The molecule has 0 amide bonds. The predicted octanol–water partition coefficient (Wildman–Crippen LogP) is 6.83. The molecular weight excluding hydrogens is 360 g/mol. The second-order valence-electron chi connectivity index (χ2n) is 6.37. The van der Waals surface area contributed by atoms with Crippen LogP contribution < -0.4 is 0 Å². The van der Waals surface area contributed by atoms with E-state index in [1.807, 2.05) is 48.3 Å². The van der Waals surface area contributed by atoms with Gasteiger partial charge in [0, 0.05) is 17.7 Å². The number of allylic oxidation sites excluding steroid dienone is 1. The van der Waals surface area contributed by atoms with E-state index in [-0.39, 0.29) is 0 Å². The Kier molecular flexibility index (Phi) is 5.74. The third-order valence-electron chi connectivity index (χ3n) is 4.55. The van der Waals surface area contributed by atoms with Crippen LogP contribution in [-0.2, 0) is 0 Å². The summed E-state index contributed by atoms with van der Waals surface area (Å²) in [4.78, 5) is 8.23. The summed E-state index contributed by atoms with van der Waals surface area (Å²) in [6, 6.07) is 31.3. The van der Waals surface area contributed by atoms with Crippen molar-refractivity contribution in [1.82, 2.24) is 4.90 Å². The van der Waals surface area contributed by atoms with Gasteiger partial charge in [0.15, 0.2) is 0 Å². The van der Waals surface area contributed by atoms with E-state index in [1.54, 1.807) is 0 Å². The van der Waals surface area contributed by atoms with E-state index in [0.717, 1.165) is 12.2 Å². The molecule has 0 radical (unpaired) electrons. The lowest BCUT2D eigenvalue weighted by Gasteiger charge is -2.21. The molecule has 3 heteroatoms. The topological polar surface area (TPSA) is 15.6 Å². The molecule has 0 N–H and O–H groups in total. The van der Waals surface area contributed by atoms with Gasteiger partial charge >= 0.3 is 0 Å². The fourth-order valence-corrected chi connectivity index (χ4v) is 4.50. The molecule has 2 nitrogen and oxygen atoms in total. The summed E-state index contributed by atoms with van der Waals surface area (Å²) in [5.41, 5.74) is 4.70. The Morgan fingerprint density at radius 1 is 0.786 bits per heavy atom.